The van der Waals surface area contributed by atoms with E-state index in [1.54, 1.807) is 0 Å². The van der Waals surface area contributed by atoms with Crippen molar-refractivity contribution in [2.75, 3.05) is 31.9 Å². The van der Waals surface area contributed by atoms with Gasteiger partial charge in [0, 0.05) is 25.7 Å². The molecule has 1 aromatic heterocycles. The molecule has 1 amide bonds. The minimum atomic E-state index is -0.168. The van der Waals surface area contributed by atoms with Gasteiger partial charge in [-0.1, -0.05) is 6.42 Å². The summed E-state index contributed by atoms with van der Waals surface area (Å²) in [6.07, 6.45) is 3.68. The van der Waals surface area contributed by atoms with E-state index in [1.165, 1.54) is 12.8 Å². The third-order valence-corrected chi connectivity index (χ3v) is 3.84. The van der Waals surface area contributed by atoms with Crippen molar-refractivity contribution >= 4 is 11.7 Å². The Hall–Kier alpha value is -1.63. The molecule has 18 heavy (non-hydrogen) atoms. The summed E-state index contributed by atoms with van der Waals surface area (Å²) < 4.78 is 4.48. The van der Waals surface area contributed by atoms with E-state index in [9.17, 15) is 4.79 Å². The largest absolute Gasteiger partial charge is 0.379 e. The SMILES string of the molecule is Nc1nonc1C(=O)N1CCN2CCCCC2C1. The summed E-state index contributed by atoms with van der Waals surface area (Å²) in [4.78, 5) is 16.5. The van der Waals surface area contributed by atoms with Gasteiger partial charge in [-0.15, -0.1) is 0 Å². The molecule has 7 heteroatoms. The van der Waals surface area contributed by atoms with Gasteiger partial charge in [0.05, 0.1) is 0 Å². The molecule has 3 heterocycles. The molecule has 2 aliphatic heterocycles. The summed E-state index contributed by atoms with van der Waals surface area (Å²) in [5, 5.41) is 7.03. The van der Waals surface area contributed by atoms with E-state index in [2.05, 4.69) is 19.8 Å². The number of carbonyl (C=O) groups is 1. The molecule has 1 aromatic rings. The lowest BCUT2D eigenvalue weighted by Gasteiger charge is -2.43. The highest BCUT2D eigenvalue weighted by atomic mass is 16.6. The summed E-state index contributed by atoms with van der Waals surface area (Å²) in [7, 11) is 0. The molecule has 2 aliphatic rings. The molecule has 0 saturated carbocycles. The molecule has 1 unspecified atom stereocenters. The maximum atomic E-state index is 12.2. The highest BCUT2D eigenvalue weighted by Gasteiger charge is 2.33. The van der Waals surface area contributed by atoms with Crippen molar-refractivity contribution in [1.29, 1.82) is 0 Å². The summed E-state index contributed by atoms with van der Waals surface area (Å²) >= 11 is 0. The van der Waals surface area contributed by atoms with E-state index in [0.717, 1.165) is 32.6 Å². The van der Waals surface area contributed by atoms with E-state index < -0.39 is 0 Å². The van der Waals surface area contributed by atoms with E-state index in [1.807, 2.05) is 4.90 Å². The number of piperidine rings is 1. The van der Waals surface area contributed by atoms with Crippen LogP contribution in [0, 0.1) is 0 Å². The van der Waals surface area contributed by atoms with Crippen LogP contribution in [0.3, 0.4) is 0 Å². The maximum Gasteiger partial charge on any atom is 0.280 e. The lowest BCUT2D eigenvalue weighted by Crippen LogP contribution is -2.56. The van der Waals surface area contributed by atoms with Gasteiger partial charge in [0.1, 0.15) is 0 Å². The second-order valence-corrected chi connectivity index (χ2v) is 4.93. The van der Waals surface area contributed by atoms with Crippen LogP contribution in [0.25, 0.3) is 0 Å². The molecular formula is C11H17N5O2. The average molecular weight is 251 g/mol. The Morgan fingerprint density at radius 2 is 2.17 bits per heavy atom. The fourth-order valence-electron chi connectivity index (χ4n) is 2.83. The zero-order valence-electron chi connectivity index (χ0n) is 10.2. The number of anilines is 1. The number of carbonyl (C=O) groups excluding carboxylic acids is 1. The summed E-state index contributed by atoms with van der Waals surface area (Å²) in [6, 6.07) is 0.484. The minimum Gasteiger partial charge on any atom is -0.379 e. The number of nitrogens with zero attached hydrogens (tertiary/aromatic N) is 4. The molecule has 3 rings (SSSR count). The van der Waals surface area contributed by atoms with Gasteiger partial charge in [0.25, 0.3) is 5.91 Å². The molecule has 0 bridgehead atoms. The second-order valence-electron chi connectivity index (χ2n) is 4.93. The van der Waals surface area contributed by atoms with E-state index in [-0.39, 0.29) is 17.4 Å². The van der Waals surface area contributed by atoms with Crippen LogP contribution >= 0.6 is 0 Å². The van der Waals surface area contributed by atoms with Crippen molar-refractivity contribution in [1.82, 2.24) is 20.1 Å². The van der Waals surface area contributed by atoms with Crippen LogP contribution in [0.5, 0.6) is 0 Å². The van der Waals surface area contributed by atoms with Crippen molar-refractivity contribution in [2.24, 2.45) is 0 Å². The lowest BCUT2D eigenvalue weighted by molar-refractivity contribution is 0.0365. The number of piperazine rings is 1. The molecule has 1 atom stereocenters. The monoisotopic (exact) mass is 251 g/mol. The zero-order chi connectivity index (χ0) is 12.5. The lowest BCUT2D eigenvalue weighted by atomic mass is 9.99. The molecule has 2 fully saturated rings. The first-order valence-corrected chi connectivity index (χ1v) is 6.37. The van der Waals surface area contributed by atoms with E-state index in [4.69, 9.17) is 5.73 Å². The van der Waals surface area contributed by atoms with Crippen LogP contribution < -0.4 is 5.73 Å². The van der Waals surface area contributed by atoms with Crippen LogP contribution in [-0.2, 0) is 0 Å². The molecule has 7 nitrogen and oxygen atoms in total. The zero-order valence-corrected chi connectivity index (χ0v) is 10.2. The van der Waals surface area contributed by atoms with Gasteiger partial charge >= 0.3 is 0 Å². The van der Waals surface area contributed by atoms with Crippen molar-refractivity contribution in [2.45, 2.75) is 25.3 Å². The standard InChI is InChI=1S/C11H17N5O2/c12-10-9(13-18-14-10)11(17)16-6-5-15-4-2-1-3-8(15)7-16/h8H,1-7H2,(H2,12,14). The number of hydrogen-bond acceptors (Lipinski definition) is 6. The van der Waals surface area contributed by atoms with Crippen LogP contribution in [0.15, 0.2) is 4.63 Å². The quantitative estimate of drug-likeness (QED) is 0.753. The van der Waals surface area contributed by atoms with Crippen molar-refractivity contribution < 1.29 is 9.42 Å². The smallest absolute Gasteiger partial charge is 0.280 e. The molecular weight excluding hydrogens is 234 g/mol. The predicted octanol–water partition coefficient (Wildman–Crippen LogP) is -0.0379. The Labute approximate surface area is 105 Å². The van der Waals surface area contributed by atoms with Crippen LogP contribution in [-0.4, -0.2) is 58.2 Å². The van der Waals surface area contributed by atoms with Crippen LogP contribution in [0.4, 0.5) is 5.82 Å². The Morgan fingerprint density at radius 3 is 2.94 bits per heavy atom. The molecule has 2 saturated heterocycles. The number of hydrogen-bond donors (Lipinski definition) is 1. The number of aromatic nitrogens is 2. The highest BCUT2D eigenvalue weighted by Crippen LogP contribution is 2.22. The Balaban J connectivity index is 1.70. The van der Waals surface area contributed by atoms with Gasteiger partial charge in [-0.25, -0.2) is 4.63 Å². The molecule has 0 spiro atoms. The van der Waals surface area contributed by atoms with Gasteiger partial charge in [0.2, 0.25) is 11.5 Å². The van der Waals surface area contributed by atoms with E-state index >= 15 is 0 Å². The van der Waals surface area contributed by atoms with Crippen molar-refractivity contribution in [3.8, 4) is 0 Å². The first kappa shape index (κ1) is 11.5. The van der Waals surface area contributed by atoms with Crippen LogP contribution in [0.2, 0.25) is 0 Å². The minimum absolute atomic E-state index is 0.0751. The van der Waals surface area contributed by atoms with Gasteiger partial charge in [-0.2, -0.15) is 0 Å². The predicted molar refractivity (Wildman–Crippen MR) is 63.8 cm³/mol. The number of fused-ring (bicyclic) bond motifs is 1. The Morgan fingerprint density at radius 1 is 1.28 bits per heavy atom. The first-order valence-electron chi connectivity index (χ1n) is 6.37. The molecule has 0 aromatic carbocycles. The van der Waals surface area contributed by atoms with Gasteiger partial charge in [-0.3, -0.25) is 9.69 Å². The second kappa shape index (κ2) is 4.56. The maximum absolute atomic E-state index is 12.2. The van der Waals surface area contributed by atoms with Gasteiger partial charge < -0.3 is 10.6 Å². The highest BCUT2D eigenvalue weighted by molar-refractivity contribution is 5.96. The number of nitrogen functional groups attached to an aromatic ring is 1. The van der Waals surface area contributed by atoms with Crippen LogP contribution in [0.1, 0.15) is 29.8 Å². The van der Waals surface area contributed by atoms with Crippen molar-refractivity contribution in [3.05, 3.63) is 5.69 Å². The molecule has 98 valence electrons. The third kappa shape index (κ3) is 1.94. The number of nitrogens with two attached hydrogens (primary N) is 1. The number of rotatable bonds is 1. The average Bonchev–Trinajstić information content (AvgIpc) is 2.83. The molecule has 2 N–H and O–H groups in total. The fourth-order valence-corrected chi connectivity index (χ4v) is 2.83. The fraction of sp³-hybridized carbons (Fsp3) is 0.727. The first-order chi connectivity index (χ1) is 8.75. The van der Waals surface area contributed by atoms with Gasteiger partial charge in [0.15, 0.2) is 0 Å². The summed E-state index contributed by atoms with van der Waals surface area (Å²) in [6.45, 7) is 3.56. The van der Waals surface area contributed by atoms with E-state index in [0.29, 0.717) is 6.04 Å². The molecule has 0 radical (unpaired) electrons. The molecule has 0 aliphatic carbocycles. The Bertz CT molecular complexity index is 446. The normalized spacial score (nSPS) is 24.9. The third-order valence-electron chi connectivity index (χ3n) is 3.84. The summed E-state index contributed by atoms with van der Waals surface area (Å²) in [5.74, 6) is -0.0925. The topological polar surface area (TPSA) is 88.5 Å². The number of amides is 1. The van der Waals surface area contributed by atoms with Gasteiger partial charge in [-0.05, 0) is 29.7 Å². The van der Waals surface area contributed by atoms with Crippen molar-refractivity contribution in [3.63, 3.8) is 0 Å². The summed E-state index contributed by atoms with van der Waals surface area (Å²) in [5.41, 5.74) is 5.69. The Kier molecular flexibility index (Phi) is 2.91.